The van der Waals surface area contributed by atoms with Crippen molar-refractivity contribution in [1.29, 1.82) is 0 Å². The molecule has 2 atom stereocenters. The van der Waals surface area contributed by atoms with E-state index in [1.54, 1.807) is 6.07 Å². The molecule has 1 aliphatic rings. The molecule has 0 amide bonds. The van der Waals surface area contributed by atoms with Gasteiger partial charge in [-0.1, -0.05) is 0 Å². The van der Waals surface area contributed by atoms with Crippen molar-refractivity contribution >= 4 is 11.0 Å². The molecule has 4 nitrogen and oxygen atoms in total. The third-order valence-corrected chi connectivity index (χ3v) is 4.33. The Balaban J connectivity index is 1.99. The van der Waals surface area contributed by atoms with Crippen LogP contribution in [-0.4, -0.2) is 30.2 Å². The first kappa shape index (κ1) is 15.3. The van der Waals surface area contributed by atoms with Crippen molar-refractivity contribution in [3.63, 3.8) is 0 Å². The number of aryl methyl sites for hydroxylation is 2. The quantitative estimate of drug-likeness (QED) is 0.800. The predicted molar refractivity (Wildman–Crippen MR) is 87.2 cm³/mol. The average Bonchev–Trinajstić information content (AvgIpc) is 2.39. The number of rotatable bonds is 2. The van der Waals surface area contributed by atoms with E-state index in [1.165, 1.54) is 5.56 Å². The lowest BCUT2D eigenvalue weighted by Gasteiger charge is -2.35. The molecule has 2 heterocycles. The molecule has 4 heteroatoms. The Bertz CT molecular complexity index is 740. The summed E-state index contributed by atoms with van der Waals surface area (Å²) in [6.45, 7) is 10.8. The van der Waals surface area contributed by atoms with Gasteiger partial charge in [-0.2, -0.15) is 0 Å². The predicted octanol–water partition coefficient (Wildman–Crippen LogP) is 3.02. The molecule has 0 bridgehead atoms. The van der Waals surface area contributed by atoms with Crippen molar-refractivity contribution < 1.29 is 9.15 Å². The lowest BCUT2D eigenvalue weighted by molar-refractivity contribution is -0.0704. The van der Waals surface area contributed by atoms with Gasteiger partial charge in [0.25, 0.3) is 0 Å². The Kier molecular flexibility index (Phi) is 4.06. The summed E-state index contributed by atoms with van der Waals surface area (Å²) in [5, 5.41) is 1.04. The van der Waals surface area contributed by atoms with Crippen LogP contribution >= 0.6 is 0 Å². The molecular formula is C18H23NO3. The Labute approximate surface area is 130 Å². The third-order valence-electron chi connectivity index (χ3n) is 4.33. The molecule has 1 aromatic heterocycles. The highest BCUT2D eigenvalue weighted by Crippen LogP contribution is 2.23. The summed E-state index contributed by atoms with van der Waals surface area (Å²) in [6.07, 6.45) is 0.443. The first-order valence-electron chi connectivity index (χ1n) is 7.84. The molecule has 2 unspecified atom stereocenters. The van der Waals surface area contributed by atoms with Crippen molar-refractivity contribution in [3.05, 3.63) is 45.3 Å². The van der Waals surface area contributed by atoms with Gasteiger partial charge < -0.3 is 9.15 Å². The van der Waals surface area contributed by atoms with Crippen molar-refractivity contribution in [3.8, 4) is 0 Å². The molecular weight excluding hydrogens is 278 g/mol. The number of fused-ring (bicyclic) bond motifs is 1. The highest BCUT2D eigenvalue weighted by molar-refractivity contribution is 5.81. The van der Waals surface area contributed by atoms with Crippen molar-refractivity contribution in [1.82, 2.24) is 4.90 Å². The van der Waals surface area contributed by atoms with Crippen LogP contribution in [-0.2, 0) is 11.3 Å². The minimum Gasteiger partial charge on any atom is -0.423 e. The summed E-state index contributed by atoms with van der Waals surface area (Å²) in [5.41, 5.74) is 3.79. The Hall–Kier alpha value is -1.65. The van der Waals surface area contributed by atoms with Gasteiger partial charge in [0, 0.05) is 31.1 Å². The van der Waals surface area contributed by atoms with Crippen LogP contribution in [0.25, 0.3) is 11.0 Å². The lowest BCUT2D eigenvalue weighted by Crippen LogP contribution is -2.44. The van der Waals surface area contributed by atoms with Crippen LogP contribution in [0, 0.1) is 13.8 Å². The average molecular weight is 301 g/mol. The fraction of sp³-hybridized carbons (Fsp3) is 0.500. The molecule has 3 rings (SSSR count). The molecule has 0 spiro atoms. The summed E-state index contributed by atoms with van der Waals surface area (Å²) >= 11 is 0. The maximum Gasteiger partial charge on any atom is 0.336 e. The molecule has 1 fully saturated rings. The van der Waals surface area contributed by atoms with Crippen molar-refractivity contribution in [2.45, 2.75) is 46.4 Å². The SMILES string of the molecule is Cc1cc2oc(=O)cc(CN3CC(C)OC(C)C3)c2cc1C. The molecule has 22 heavy (non-hydrogen) atoms. The number of hydrogen-bond donors (Lipinski definition) is 0. The normalized spacial score (nSPS) is 23.1. The summed E-state index contributed by atoms with van der Waals surface area (Å²) in [7, 11) is 0. The molecule has 0 N–H and O–H groups in total. The highest BCUT2D eigenvalue weighted by atomic mass is 16.5. The van der Waals surface area contributed by atoms with E-state index in [0.717, 1.165) is 36.1 Å². The van der Waals surface area contributed by atoms with Crippen LogP contribution < -0.4 is 5.63 Å². The van der Waals surface area contributed by atoms with Gasteiger partial charge >= 0.3 is 5.63 Å². The van der Waals surface area contributed by atoms with Gasteiger partial charge in [-0.15, -0.1) is 0 Å². The second-order valence-electron chi connectivity index (χ2n) is 6.47. The zero-order valence-corrected chi connectivity index (χ0v) is 13.7. The summed E-state index contributed by atoms with van der Waals surface area (Å²) < 4.78 is 11.1. The van der Waals surface area contributed by atoms with Gasteiger partial charge in [0.05, 0.1) is 12.2 Å². The maximum absolute atomic E-state index is 11.9. The molecule has 0 saturated carbocycles. The summed E-state index contributed by atoms with van der Waals surface area (Å²) in [4.78, 5) is 14.2. The minimum atomic E-state index is -0.278. The molecule has 1 aliphatic heterocycles. The van der Waals surface area contributed by atoms with E-state index in [9.17, 15) is 4.79 Å². The van der Waals surface area contributed by atoms with Crippen LogP contribution in [0.5, 0.6) is 0 Å². The second-order valence-corrected chi connectivity index (χ2v) is 6.47. The first-order valence-corrected chi connectivity index (χ1v) is 7.84. The second kappa shape index (κ2) is 5.86. The molecule has 0 aliphatic carbocycles. The fourth-order valence-electron chi connectivity index (χ4n) is 3.27. The number of hydrogen-bond acceptors (Lipinski definition) is 4. The van der Waals surface area contributed by atoms with Crippen LogP contribution in [0.15, 0.2) is 27.4 Å². The van der Waals surface area contributed by atoms with Gasteiger partial charge in [0.15, 0.2) is 0 Å². The monoisotopic (exact) mass is 301 g/mol. The number of benzene rings is 1. The van der Waals surface area contributed by atoms with Crippen molar-refractivity contribution in [2.75, 3.05) is 13.1 Å². The molecule has 1 aromatic carbocycles. The first-order chi connectivity index (χ1) is 10.4. The van der Waals surface area contributed by atoms with Crippen LogP contribution in [0.2, 0.25) is 0 Å². The van der Waals surface area contributed by atoms with E-state index in [4.69, 9.17) is 9.15 Å². The van der Waals surface area contributed by atoms with Gasteiger partial charge in [0.2, 0.25) is 0 Å². The Morgan fingerprint density at radius 1 is 1.09 bits per heavy atom. The van der Waals surface area contributed by atoms with Crippen LogP contribution in [0.1, 0.15) is 30.5 Å². The molecule has 118 valence electrons. The van der Waals surface area contributed by atoms with Gasteiger partial charge in [-0.3, -0.25) is 4.90 Å². The van der Waals surface area contributed by atoms with Crippen molar-refractivity contribution in [2.24, 2.45) is 0 Å². The van der Waals surface area contributed by atoms with E-state index in [0.29, 0.717) is 5.58 Å². The van der Waals surface area contributed by atoms with Crippen LogP contribution in [0.4, 0.5) is 0 Å². The number of nitrogens with zero attached hydrogens (tertiary/aromatic N) is 1. The minimum absolute atomic E-state index is 0.221. The zero-order valence-electron chi connectivity index (χ0n) is 13.7. The number of morpholine rings is 1. The van der Waals surface area contributed by atoms with Crippen LogP contribution in [0.3, 0.4) is 0 Å². The molecule has 2 aromatic rings. The zero-order chi connectivity index (χ0) is 15.9. The largest absolute Gasteiger partial charge is 0.423 e. The van der Waals surface area contributed by atoms with E-state index in [-0.39, 0.29) is 17.8 Å². The van der Waals surface area contributed by atoms with Gasteiger partial charge in [-0.25, -0.2) is 4.79 Å². The van der Waals surface area contributed by atoms with E-state index in [2.05, 4.69) is 31.7 Å². The van der Waals surface area contributed by atoms with Gasteiger partial charge in [0.1, 0.15) is 5.58 Å². The third kappa shape index (κ3) is 3.08. The maximum atomic E-state index is 11.9. The smallest absolute Gasteiger partial charge is 0.336 e. The standard InChI is InChI=1S/C18H23NO3/c1-11-5-16-15(7-18(20)22-17(16)6-12(11)2)10-19-8-13(3)21-14(4)9-19/h5-7,13-14H,8-10H2,1-4H3. The van der Waals surface area contributed by atoms with E-state index >= 15 is 0 Å². The molecule has 0 radical (unpaired) electrons. The van der Waals surface area contributed by atoms with E-state index < -0.39 is 0 Å². The van der Waals surface area contributed by atoms with Gasteiger partial charge in [-0.05, 0) is 56.5 Å². The highest BCUT2D eigenvalue weighted by Gasteiger charge is 2.23. The number of ether oxygens (including phenoxy) is 1. The molecule has 1 saturated heterocycles. The van der Waals surface area contributed by atoms with E-state index in [1.807, 2.05) is 13.0 Å². The topological polar surface area (TPSA) is 42.7 Å². The summed E-state index contributed by atoms with van der Waals surface area (Å²) in [5.74, 6) is 0. The Morgan fingerprint density at radius 3 is 2.41 bits per heavy atom. The fourth-order valence-corrected chi connectivity index (χ4v) is 3.27. The Morgan fingerprint density at radius 2 is 1.73 bits per heavy atom. The summed E-state index contributed by atoms with van der Waals surface area (Å²) in [6, 6.07) is 5.71. The lowest BCUT2D eigenvalue weighted by atomic mass is 10.0.